The van der Waals surface area contributed by atoms with Gasteiger partial charge in [0.2, 0.25) is 0 Å². The predicted molar refractivity (Wildman–Crippen MR) is 73.4 cm³/mol. The van der Waals surface area contributed by atoms with Crippen LogP contribution in [0.25, 0.3) is 11.0 Å². The van der Waals surface area contributed by atoms with E-state index in [9.17, 15) is 0 Å². The van der Waals surface area contributed by atoms with Gasteiger partial charge in [-0.25, -0.2) is 4.98 Å². The lowest BCUT2D eigenvalue weighted by atomic mass is 10.0. The topological polar surface area (TPSA) is 69.6 Å². The molecule has 5 nitrogen and oxygen atoms in total. The number of nitrogens with two attached hydrogens (primary N) is 1. The number of aryl methyl sites for hydroxylation is 1. The van der Waals surface area contributed by atoms with Gasteiger partial charge in [-0.05, 0) is 17.7 Å². The predicted octanol–water partition coefficient (Wildman–Crippen LogP) is 1.61. The molecule has 0 saturated heterocycles. The van der Waals surface area contributed by atoms with Crippen molar-refractivity contribution in [3.63, 3.8) is 0 Å². The molecule has 0 bridgehead atoms. The first kappa shape index (κ1) is 11.8. The van der Waals surface area contributed by atoms with Crippen molar-refractivity contribution in [1.29, 1.82) is 0 Å². The van der Waals surface area contributed by atoms with Crippen LogP contribution in [0.15, 0.2) is 43.0 Å². The Morgan fingerprint density at radius 1 is 1.11 bits per heavy atom. The lowest BCUT2D eigenvalue weighted by molar-refractivity contribution is 0.660. The van der Waals surface area contributed by atoms with Gasteiger partial charge in [-0.1, -0.05) is 6.07 Å². The Labute approximate surface area is 111 Å². The second-order valence-corrected chi connectivity index (χ2v) is 4.57. The minimum absolute atomic E-state index is 0.0903. The second-order valence-electron chi connectivity index (χ2n) is 4.57. The van der Waals surface area contributed by atoms with E-state index in [-0.39, 0.29) is 6.04 Å². The van der Waals surface area contributed by atoms with Gasteiger partial charge in [0.1, 0.15) is 5.82 Å². The molecule has 3 rings (SSSR count). The molecule has 0 fully saturated rings. The Kier molecular flexibility index (Phi) is 2.97. The maximum atomic E-state index is 6.24. The van der Waals surface area contributed by atoms with E-state index in [1.165, 1.54) is 0 Å². The van der Waals surface area contributed by atoms with E-state index in [1.807, 2.05) is 36.0 Å². The third kappa shape index (κ3) is 2.32. The van der Waals surface area contributed by atoms with Gasteiger partial charge < -0.3 is 10.3 Å². The summed E-state index contributed by atoms with van der Waals surface area (Å²) >= 11 is 0. The first-order chi connectivity index (χ1) is 9.24. The number of imidazole rings is 1. The van der Waals surface area contributed by atoms with Crippen LogP contribution >= 0.6 is 0 Å². The van der Waals surface area contributed by atoms with Crippen LogP contribution in [0.2, 0.25) is 0 Å². The standard InChI is InChI=1S/C14H15N5/c1-19-7-6-18-14(19)9-11(15)10-2-3-12-13(8-10)17-5-4-16-12/h2-8,11H,9,15H2,1H3. The fourth-order valence-electron chi connectivity index (χ4n) is 2.12. The third-order valence-electron chi connectivity index (χ3n) is 3.24. The maximum Gasteiger partial charge on any atom is 0.110 e. The van der Waals surface area contributed by atoms with Crippen molar-refractivity contribution >= 4 is 11.0 Å². The van der Waals surface area contributed by atoms with Crippen LogP contribution in [0, 0.1) is 0 Å². The van der Waals surface area contributed by atoms with Crippen LogP contribution < -0.4 is 5.73 Å². The molecular formula is C14H15N5. The van der Waals surface area contributed by atoms with Gasteiger partial charge in [0.05, 0.1) is 11.0 Å². The molecule has 1 atom stereocenters. The smallest absolute Gasteiger partial charge is 0.110 e. The SMILES string of the molecule is Cn1ccnc1CC(N)c1ccc2nccnc2c1. The minimum Gasteiger partial charge on any atom is -0.338 e. The van der Waals surface area contributed by atoms with Crippen LogP contribution in [-0.2, 0) is 13.5 Å². The zero-order chi connectivity index (χ0) is 13.2. The molecular weight excluding hydrogens is 238 g/mol. The summed E-state index contributed by atoms with van der Waals surface area (Å²) in [5.41, 5.74) is 9.05. The molecule has 0 amide bonds. The highest BCUT2D eigenvalue weighted by atomic mass is 15.0. The third-order valence-corrected chi connectivity index (χ3v) is 3.24. The van der Waals surface area contributed by atoms with Gasteiger partial charge in [0, 0.05) is 44.3 Å². The van der Waals surface area contributed by atoms with Gasteiger partial charge in [-0.2, -0.15) is 0 Å². The van der Waals surface area contributed by atoms with Gasteiger partial charge in [-0.3, -0.25) is 9.97 Å². The Balaban J connectivity index is 1.89. The van der Waals surface area contributed by atoms with Crippen molar-refractivity contribution in [2.45, 2.75) is 12.5 Å². The van der Waals surface area contributed by atoms with Crippen molar-refractivity contribution < 1.29 is 0 Å². The summed E-state index contributed by atoms with van der Waals surface area (Å²) < 4.78 is 1.99. The van der Waals surface area contributed by atoms with Crippen LogP contribution in [0.5, 0.6) is 0 Å². The summed E-state index contributed by atoms with van der Waals surface area (Å²) in [5.74, 6) is 0.978. The van der Waals surface area contributed by atoms with Crippen molar-refractivity contribution in [3.8, 4) is 0 Å². The fourth-order valence-corrected chi connectivity index (χ4v) is 2.12. The molecule has 0 aliphatic rings. The molecule has 2 aromatic heterocycles. The Morgan fingerprint density at radius 3 is 2.63 bits per heavy atom. The number of nitrogens with zero attached hydrogens (tertiary/aromatic N) is 4. The number of rotatable bonds is 3. The quantitative estimate of drug-likeness (QED) is 0.769. The summed E-state index contributed by atoms with van der Waals surface area (Å²) in [4.78, 5) is 12.9. The summed E-state index contributed by atoms with van der Waals surface area (Å²) in [6.07, 6.45) is 7.79. The Hall–Kier alpha value is -2.27. The molecule has 3 aromatic rings. The zero-order valence-corrected chi connectivity index (χ0v) is 10.7. The van der Waals surface area contributed by atoms with Crippen LogP contribution in [0.4, 0.5) is 0 Å². The van der Waals surface area contributed by atoms with Crippen LogP contribution in [0.1, 0.15) is 17.4 Å². The fraction of sp³-hybridized carbons (Fsp3) is 0.214. The number of benzene rings is 1. The average molecular weight is 253 g/mol. The molecule has 5 heteroatoms. The highest BCUT2D eigenvalue weighted by molar-refractivity contribution is 5.74. The molecule has 0 aliphatic heterocycles. The minimum atomic E-state index is -0.0903. The molecule has 1 unspecified atom stereocenters. The molecule has 1 aromatic carbocycles. The van der Waals surface area contributed by atoms with E-state index >= 15 is 0 Å². The Bertz CT molecular complexity index is 704. The van der Waals surface area contributed by atoms with Gasteiger partial charge in [0.15, 0.2) is 0 Å². The largest absolute Gasteiger partial charge is 0.338 e. The number of aromatic nitrogens is 4. The van der Waals surface area contributed by atoms with Gasteiger partial charge >= 0.3 is 0 Å². The number of fused-ring (bicyclic) bond motifs is 1. The number of hydrogen-bond donors (Lipinski definition) is 1. The molecule has 2 N–H and O–H groups in total. The second kappa shape index (κ2) is 4.78. The van der Waals surface area contributed by atoms with Crippen molar-refractivity contribution in [2.24, 2.45) is 12.8 Å². The normalized spacial score (nSPS) is 12.7. The highest BCUT2D eigenvalue weighted by Gasteiger charge is 2.11. The van der Waals surface area contributed by atoms with E-state index in [0.717, 1.165) is 22.4 Å². The molecule has 0 aliphatic carbocycles. The molecule has 2 heterocycles. The van der Waals surface area contributed by atoms with E-state index in [1.54, 1.807) is 18.6 Å². The van der Waals surface area contributed by atoms with Crippen LogP contribution in [-0.4, -0.2) is 19.5 Å². The maximum absolute atomic E-state index is 6.24. The molecule has 0 saturated carbocycles. The summed E-state index contributed by atoms with van der Waals surface area (Å²) in [6.45, 7) is 0. The van der Waals surface area contributed by atoms with Gasteiger partial charge in [-0.15, -0.1) is 0 Å². The van der Waals surface area contributed by atoms with Crippen molar-refractivity contribution in [2.75, 3.05) is 0 Å². The van der Waals surface area contributed by atoms with Crippen molar-refractivity contribution in [3.05, 3.63) is 54.4 Å². The van der Waals surface area contributed by atoms with E-state index in [0.29, 0.717) is 6.42 Å². The molecule has 0 spiro atoms. The zero-order valence-electron chi connectivity index (χ0n) is 10.7. The lowest BCUT2D eigenvalue weighted by Crippen LogP contribution is -2.15. The van der Waals surface area contributed by atoms with E-state index in [2.05, 4.69) is 15.0 Å². The summed E-state index contributed by atoms with van der Waals surface area (Å²) in [7, 11) is 1.97. The first-order valence-electron chi connectivity index (χ1n) is 6.16. The van der Waals surface area contributed by atoms with Gasteiger partial charge in [0.25, 0.3) is 0 Å². The van der Waals surface area contributed by atoms with E-state index in [4.69, 9.17) is 5.73 Å². The molecule has 19 heavy (non-hydrogen) atoms. The average Bonchev–Trinajstić information content (AvgIpc) is 2.84. The van der Waals surface area contributed by atoms with Crippen molar-refractivity contribution in [1.82, 2.24) is 19.5 Å². The highest BCUT2D eigenvalue weighted by Crippen LogP contribution is 2.18. The monoisotopic (exact) mass is 253 g/mol. The molecule has 0 radical (unpaired) electrons. The molecule has 96 valence electrons. The van der Waals surface area contributed by atoms with E-state index < -0.39 is 0 Å². The number of hydrogen-bond acceptors (Lipinski definition) is 4. The summed E-state index contributed by atoms with van der Waals surface area (Å²) in [6, 6.07) is 5.86. The Morgan fingerprint density at radius 2 is 1.89 bits per heavy atom. The first-order valence-corrected chi connectivity index (χ1v) is 6.16. The summed E-state index contributed by atoms with van der Waals surface area (Å²) in [5, 5.41) is 0. The van der Waals surface area contributed by atoms with Crippen LogP contribution in [0.3, 0.4) is 0 Å². The lowest BCUT2D eigenvalue weighted by Gasteiger charge is -2.12.